The molecule has 2 rings (SSSR count). The lowest BCUT2D eigenvalue weighted by atomic mass is 10.0. The minimum Gasteiger partial charge on any atom is -0.508 e. The van der Waals surface area contributed by atoms with Crippen molar-refractivity contribution in [3.63, 3.8) is 0 Å². The molecule has 1 fully saturated rings. The maximum absolute atomic E-state index is 9.60. The highest BCUT2D eigenvalue weighted by atomic mass is 16.3. The Hall–Kier alpha value is -1.22. The molecule has 0 saturated heterocycles. The van der Waals surface area contributed by atoms with Crippen LogP contribution >= 0.6 is 0 Å². The third kappa shape index (κ3) is 1.99. The third-order valence-corrected chi connectivity index (χ3v) is 2.74. The summed E-state index contributed by atoms with van der Waals surface area (Å²) < 4.78 is 0. The van der Waals surface area contributed by atoms with Gasteiger partial charge in [0.1, 0.15) is 5.75 Å². The van der Waals surface area contributed by atoms with E-state index in [1.807, 2.05) is 0 Å². The summed E-state index contributed by atoms with van der Waals surface area (Å²) in [5.41, 5.74) is 13.1. The molecule has 0 aliphatic heterocycles. The van der Waals surface area contributed by atoms with E-state index in [4.69, 9.17) is 11.5 Å². The molecule has 5 N–H and O–H groups in total. The van der Waals surface area contributed by atoms with E-state index in [9.17, 15) is 5.11 Å². The fraction of sp³-hybridized carbons (Fsp3) is 0.455. The SMILES string of the molecule is Nc1ccc(O)c(C(N)CC2CC2)c1. The minimum atomic E-state index is -0.0778. The Morgan fingerprint density at radius 3 is 2.79 bits per heavy atom. The summed E-state index contributed by atoms with van der Waals surface area (Å²) in [6.45, 7) is 0. The highest BCUT2D eigenvalue weighted by molar-refractivity contribution is 5.48. The van der Waals surface area contributed by atoms with E-state index in [0.29, 0.717) is 5.69 Å². The summed E-state index contributed by atoms with van der Waals surface area (Å²) in [5, 5.41) is 9.60. The van der Waals surface area contributed by atoms with Crippen molar-refractivity contribution in [3.05, 3.63) is 23.8 Å². The number of nitrogen functional groups attached to an aromatic ring is 1. The Morgan fingerprint density at radius 2 is 2.14 bits per heavy atom. The minimum absolute atomic E-state index is 0.0778. The number of hydrogen-bond acceptors (Lipinski definition) is 3. The Morgan fingerprint density at radius 1 is 1.43 bits per heavy atom. The molecule has 1 aliphatic carbocycles. The van der Waals surface area contributed by atoms with Gasteiger partial charge >= 0.3 is 0 Å². The van der Waals surface area contributed by atoms with Crippen LogP contribution in [0.3, 0.4) is 0 Å². The highest BCUT2D eigenvalue weighted by Gasteiger charge is 2.25. The summed E-state index contributed by atoms with van der Waals surface area (Å²) in [6, 6.07) is 4.98. The van der Waals surface area contributed by atoms with Gasteiger partial charge in [-0.2, -0.15) is 0 Å². The average molecular weight is 192 g/mol. The van der Waals surface area contributed by atoms with Crippen LogP contribution < -0.4 is 11.5 Å². The molecule has 76 valence electrons. The van der Waals surface area contributed by atoms with E-state index in [-0.39, 0.29) is 11.8 Å². The fourth-order valence-corrected chi connectivity index (χ4v) is 1.71. The molecule has 0 aromatic heterocycles. The Labute approximate surface area is 83.7 Å². The zero-order valence-electron chi connectivity index (χ0n) is 8.11. The zero-order chi connectivity index (χ0) is 10.1. The van der Waals surface area contributed by atoms with Gasteiger partial charge in [0.05, 0.1) is 0 Å². The second-order valence-electron chi connectivity index (χ2n) is 4.10. The van der Waals surface area contributed by atoms with Crippen LogP contribution in [0.1, 0.15) is 30.9 Å². The lowest BCUT2D eigenvalue weighted by Crippen LogP contribution is -2.11. The Bertz CT molecular complexity index is 334. The first-order valence-corrected chi connectivity index (χ1v) is 5.01. The normalized spacial score (nSPS) is 18.1. The van der Waals surface area contributed by atoms with Crippen molar-refractivity contribution in [3.8, 4) is 5.75 Å². The first-order valence-electron chi connectivity index (χ1n) is 5.01. The molecule has 1 aromatic rings. The molecule has 0 bridgehead atoms. The van der Waals surface area contributed by atoms with Gasteiger partial charge in [-0.15, -0.1) is 0 Å². The van der Waals surface area contributed by atoms with Crippen LogP contribution in [-0.4, -0.2) is 5.11 Å². The summed E-state index contributed by atoms with van der Waals surface area (Å²) >= 11 is 0. The second kappa shape index (κ2) is 3.50. The predicted octanol–water partition coefficient (Wildman–Crippen LogP) is 1.77. The van der Waals surface area contributed by atoms with Crippen LogP contribution in [0.15, 0.2) is 18.2 Å². The van der Waals surface area contributed by atoms with Gasteiger partial charge < -0.3 is 16.6 Å². The number of hydrogen-bond donors (Lipinski definition) is 3. The van der Waals surface area contributed by atoms with Crippen molar-refractivity contribution >= 4 is 5.69 Å². The van der Waals surface area contributed by atoms with Crippen LogP contribution in [0.25, 0.3) is 0 Å². The molecule has 1 aliphatic rings. The molecule has 3 heteroatoms. The number of anilines is 1. The van der Waals surface area contributed by atoms with Gasteiger partial charge in [0, 0.05) is 17.3 Å². The van der Waals surface area contributed by atoms with Crippen LogP contribution in [0.4, 0.5) is 5.69 Å². The molecule has 1 unspecified atom stereocenters. The van der Waals surface area contributed by atoms with Crippen LogP contribution in [-0.2, 0) is 0 Å². The van der Waals surface area contributed by atoms with E-state index >= 15 is 0 Å². The lowest BCUT2D eigenvalue weighted by Gasteiger charge is -2.13. The van der Waals surface area contributed by atoms with Crippen LogP contribution in [0.5, 0.6) is 5.75 Å². The maximum atomic E-state index is 9.60. The van der Waals surface area contributed by atoms with E-state index in [2.05, 4.69) is 0 Å². The predicted molar refractivity (Wildman–Crippen MR) is 56.8 cm³/mol. The summed E-state index contributed by atoms with van der Waals surface area (Å²) in [4.78, 5) is 0. The molecular formula is C11H16N2O. The summed E-state index contributed by atoms with van der Waals surface area (Å²) in [7, 11) is 0. The van der Waals surface area contributed by atoms with Gasteiger partial charge in [0.25, 0.3) is 0 Å². The number of benzene rings is 1. The summed E-state index contributed by atoms with van der Waals surface area (Å²) in [6.07, 6.45) is 3.50. The smallest absolute Gasteiger partial charge is 0.120 e. The lowest BCUT2D eigenvalue weighted by molar-refractivity contribution is 0.455. The van der Waals surface area contributed by atoms with E-state index in [0.717, 1.165) is 17.9 Å². The van der Waals surface area contributed by atoms with Crippen LogP contribution in [0.2, 0.25) is 0 Å². The quantitative estimate of drug-likeness (QED) is 0.505. The summed E-state index contributed by atoms with van der Waals surface area (Å²) in [5.74, 6) is 1.01. The van der Waals surface area contributed by atoms with Crippen molar-refractivity contribution in [2.75, 3.05) is 5.73 Å². The van der Waals surface area contributed by atoms with Crippen molar-refractivity contribution in [2.24, 2.45) is 11.7 Å². The van der Waals surface area contributed by atoms with E-state index in [1.54, 1.807) is 18.2 Å². The molecule has 14 heavy (non-hydrogen) atoms. The van der Waals surface area contributed by atoms with Gasteiger partial charge in [-0.1, -0.05) is 12.8 Å². The first kappa shape index (κ1) is 9.34. The molecule has 0 radical (unpaired) electrons. The molecule has 0 spiro atoms. The fourth-order valence-electron chi connectivity index (χ4n) is 1.71. The van der Waals surface area contributed by atoms with Crippen LogP contribution in [0, 0.1) is 5.92 Å². The topological polar surface area (TPSA) is 72.3 Å². The van der Waals surface area contributed by atoms with Crippen molar-refractivity contribution in [2.45, 2.75) is 25.3 Å². The van der Waals surface area contributed by atoms with Gasteiger partial charge in [-0.05, 0) is 30.5 Å². The first-order chi connectivity index (χ1) is 6.66. The zero-order valence-corrected chi connectivity index (χ0v) is 8.11. The number of rotatable bonds is 3. The monoisotopic (exact) mass is 192 g/mol. The van der Waals surface area contributed by atoms with E-state index < -0.39 is 0 Å². The van der Waals surface area contributed by atoms with Crippen molar-refractivity contribution in [1.29, 1.82) is 0 Å². The molecule has 1 aromatic carbocycles. The number of nitrogens with two attached hydrogens (primary N) is 2. The van der Waals surface area contributed by atoms with Gasteiger partial charge in [-0.3, -0.25) is 0 Å². The van der Waals surface area contributed by atoms with Crippen molar-refractivity contribution < 1.29 is 5.11 Å². The molecule has 3 nitrogen and oxygen atoms in total. The van der Waals surface area contributed by atoms with Gasteiger partial charge in [0.2, 0.25) is 0 Å². The third-order valence-electron chi connectivity index (χ3n) is 2.74. The molecule has 0 amide bonds. The largest absolute Gasteiger partial charge is 0.508 e. The average Bonchev–Trinajstić information content (AvgIpc) is 2.93. The van der Waals surface area contributed by atoms with Gasteiger partial charge in [-0.25, -0.2) is 0 Å². The molecular weight excluding hydrogens is 176 g/mol. The highest BCUT2D eigenvalue weighted by Crippen LogP contribution is 2.38. The Kier molecular flexibility index (Phi) is 2.33. The standard InChI is InChI=1S/C11H16N2O/c12-8-3-4-11(14)9(6-8)10(13)5-7-1-2-7/h3-4,6-7,10,14H,1-2,5,12-13H2. The molecule has 1 saturated carbocycles. The number of phenols is 1. The Balaban J connectivity index is 2.15. The number of phenolic OH excluding ortho intramolecular Hbond substituents is 1. The maximum Gasteiger partial charge on any atom is 0.120 e. The molecule has 0 heterocycles. The second-order valence-corrected chi connectivity index (χ2v) is 4.10. The van der Waals surface area contributed by atoms with Crippen molar-refractivity contribution in [1.82, 2.24) is 0 Å². The van der Waals surface area contributed by atoms with E-state index in [1.165, 1.54) is 12.8 Å². The van der Waals surface area contributed by atoms with Gasteiger partial charge in [0.15, 0.2) is 0 Å². The molecule has 1 atom stereocenters. The number of aromatic hydroxyl groups is 1.